The van der Waals surface area contributed by atoms with Crippen LogP contribution in [0.15, 0.2) is 4.99 Å². The van der Waals surface area contributed by atoms with Gasteiger partial charge in [0.25, 0.3) is 12.4 Å². The van der Waals surface area contributed by atoms with Gasteiger partial charge in [-0.05, 0) is 27.7 Å². The number of carbonyl (C=O) groups excluding carboxylic acids is 2. The van der Waals surface area contributed by atoms with Crippen molar-refractivity contribution in [3.63, 3.8) is 0 Å². The van der Waals surface area contributed by atoms with Crippen LogP contribution >= 0.6 is 0 Å². The van der Waals surface area contributed by atoms with Crippen LogP contribution in [0, 0.1) is 6.92 Å². The maximum atomic E-state index is 13.2. The minimum absolute atomic E-state index is 0.0253. The van der Waals surface area contributed by atoms with Gasteiger partial charge in [0, 0.05) is 19.0 Å². The molecule has 10 heteroatoms. The molecule has 3 heterocycles. The first-order chi connectivity index (χ1) is 12.6. The molecule has 2 aliphatic heterocycles. The molecule has 27 heavy (non-hydrogen) atoms. The molecule has 0 spiro atoms. The van der Waals surface area contributed by atoms with E-state index in [0.29, 0.717) is 17.3 Å². The fourth-order valence-corrected chi connectivity index (χ4v) is 3.57. The summed E-state index contributed by atoms with van der Waals surface area (Å²) in [6, 6.07) is -0.592. The van der Waals surface area contributed by atoms with Crippen molar-refractivity contribution in [1.82, 2.24) is 14.5 Å². The maximum Gasteiger partial charge on any atom is 0.294 e. The summed E-state index contributed by atoms with van der Waals surface area (Å²) in [7, 11) is 1.87. The fraction of sp³-hybridized carbons (Fsp3) is 0.647. The molecular weight excluding hydrogens is 352 g/mol. The quantitative estimate of drug-likeness (QED) is 0.518. The van der Waals surface area contributed by atoms with E-state index in [0.717, 1.165) is 0 Å². The van der Waals surface area contributed by atoms with Crippen LogP contribution in [0.4, 0.5) is 5.95 Å². The van der Waals surface area contributed by atoms with E-state index in [1.807, 2.05) is 16.8 Å². The molecule has 148 valence electrons. The smallest absolute Gasteiger partial charge is 0.294 e. The second-order valence-corrected chi connectivity index (χ2v) is 7.90. The zero-order valence-electron chi connectivity index (χ0n) is 16.2. The molecule has 10 nitrogen and oxygen atoms in total. The molecule has 0 amide bonds. The van der Waals surface area contributed by atoms with Gasteiger partial charge < -0.3 is 19.6 Å². The molecule has 2 aliphatic rings. The van der Waals surface area contributed by atoms with Crippen molar-refractivity contribution in [2.75, 3.05) is 11.9 Å². The average Bonchev–Trinajstić information content (AvgIpc) is 3.16. The van der Waals surface area contributed by atoms with E-state index in [1.165, 1.54) is 4.57 Å². The summed E-state index contributed by atoms with van der Waals surface area (Å²) in [6.07, 6.45) is -0.866. The van der Waals surface area contributed by atoms with Gasteiger partial charge in [0.2, 0.25) is 5.95 Å². The van der Waals surface area contributed by atoms with Gasteiger partial charge in [0.15, 0.2) is 12.3 Å². The van der Waals surface area contributed by atoms with Crippen LogP contribution in [0.25, 0.3) is 0 Å². The van der Waals surface area contributed by atoms with Crippen molar-refractivity contribution in [3.8, 4) is 0 Å². The summed E-state index contributed by atoms with van der Waals surface area (Å²) in [5, 5.41) is 10.2. The normalized spacial score (nSPS) is 23.9. The van der Waals surface area contributed by atoms with E-state index in [-0.39, 0.29) is 30.5 Å². The number of nitrogens with two attached hydrogens (primary N) is 1. The highest BCUT2D eigenvalue weighted by Crippen LogP contribution is 2.35. The highest BCUT2D eigenvalue weighted by molar-refractivity contribution is 5.93. The third kappa shape index (κ3) is 3.08. The largest absolute Gasteiger partial charge is 0.446 e. The van der Waals surface area contributed by atoms with Crippen LogP contribution in [0.5, 0.6) is 0 Å². The van der Waals surface area contributed by atoms with E-state index in [4.69, 9.17) is 5.73 Å². The number of nitrogens with zero attached hydrogens (tertiary/aromatic N) is 5. The van der Waals surface area contributed by atoms with Gasteiger partial charge in [0.1, 0.15) is 12.3 Å². The third-order valence-corrected chi connectivity index (χ3v) is 5.03. The number of likely N-dealkylation sites (N-methyl/N-ethyl adjacent to an activating group) is 1. The summed E-state index contributed by atoms with van der Waals surface area (Å²) in [5.74, 6) is 0.286. The van der Waals surface area contributed by atoms with Crippen LogP contribution in [0.3, 0.4) is 0 Å². The van der Waals surface area contributed by atoms with Crippen LogP contribution in [-0.2, 0) is 16.0 Å². The minimum Gasteiger partial charge on any atom is -0.446 e. The highest BCUT2D eigenvalue weighted by atomic mass is 16.5. The van der Waals surface area contributed by atoms with Gasteiger partial charge in [-0.1, -0.05) is 0 Å². The lowest BCUT2D eigenvalue weighted by molar-refractivity contribution is -0.138. The molecule has 0 aliphatic carbocycles. The Morgan fingerprint density at radius 3 is 2.70 bits per heavy atom. The number of fused-ring (bicyclic) bond motifs is 2. The Morgan fingerprint density at radius 2 is 2.11 bits per heavy atom. The van der Waals surface area contributed by atoms with Gasteiger partial charge in [-0.2, -0.15) is 0 Å². The Bertz CT molecular complexity index is 783. The van der Waals surface area contributed by atoms with E-state index < -0.39 is 18.4 Å². The summed E-state index contributed by atoms with van der Waals surface area (Å²) in [5.41, 5.74) is 6.55. The van der Waals surface area contributed by atoms with Crippen LogP contribution in [0.2, 0.25) is 0 Å². The number of aliphatic hydroxyl groups excluding tert-OH is 1. The zero-order chi connectivity index (χ0) is 20.1. The average molecular weight is 378 g/mol. The molecular formula is C17H26N6O4. The summed E-state index contributed by atoms with van der Waals surface area (Å²) >= 11 is 0. The molecule has 0 bridgehead atoms. The van der Waals surface area contributed by atoms with Crippen molar-refractivity contribution in [2.45, 2.75) is 64.2 Å². The summed E-state index contributed by atoms with van der Waals surface area (Å²) < 4.78 is 6.08. The van der Waals surface area contributed by atoms with E-state index in [9.17, 15) is 14.7 Å². The van der Waals surface area contributed by atoms with Crippen molar-refractivity contribution in [1.29, 1.82) is 0 Å². The standard InChI is InChI=1S/C17H26N6O4/c1-9-10(6-11(25)13(18)27-8-24)23-15(26)12-14(21(5)16(23)20-9)22(7-19-12)17(2,3)4/h7-8,11-14,25H,6,18H2,1-5H3. The van der Waals surface area contributed by atoms with E-state index in [2.05, 4.69) is 35.5 Å². The number of imidazole rings is 1. The number of hydrogen-bond acceptors (Lipinski definition) is 9. The number of aryl methyl sites for hydroxylation is 1. The van der Waals surface area contributed by atoms with E-state index >= 15 is 0 Å². The Balaban J connectivity index is 1.97. The second-order valence-electron chi connectivity index (χ2n) is 7.90. The topological polar surface area (TPSA) is 126 Å². The number of carbonyl (C=O) groups is 2. The zero-order valence-corrected chi connectivity index (χ0v) is 16.2. The van der Waals surface area contributed by atoms with Crippen molar-refractivity contribution < 1.29 is 19.4 Å². The molecule has 0 fully saturated rings. The Hall–Kier alpha value is -2.46. The monoisotopic (exact) mass is 378 g/mol. The highest BCUT2D eigenvalue weighted by Gasteiger charge is 2.49. The maximum absolute atomic E-state index is 13.2. The molecule has 4 unspecified atom stereocenters. The molecule has 3 rings (SSSR count). The number of aliphatic imine (C=N–C) groups is 1. The number of anilines is 1. The lowest BCUT2D eigenvalue weighted by Crippen LogP contribution is -2.60. The molecule has 0 aromatic carbocycles. The molecule has 4 atom stereocenters. The first kappa shape index (κ1) is 19.3. The Labute approximate surface area is 157 Å². The first-order valence-corrected chi connectivity index (χ1v) is 8.77. The van der Waals surface area contributed by atoms with Gasteiger partial charge in [-0.3, -0.25) is 24.9 Å². The molecule has 1 aromatic heterocycles. The predicted octanol–water partition coefficient (Wildman–Crippen LogP) is -0.520. The van der Waals surface area contributed by atoms with Crippen LogP contribution in [-0.4, -0.2) is 75.4 Å². The SMILES string of the molecule is Cc1nc2n(c1CC(O)C(N)OC=O)C(=O)C1N=CN(C(C)(C)C)C1N2C. The number of rotatable bonds is 5. The minimum atomic E-state index is -1.18. The number of ether oxygens (including phenoxy) is 1. The van der Waals surface area contributed by atoms with Gasteiger partial charge in [0.05, 0.1) is 17.7 Å². The molecule has 0 radical (unpaired) electrons. The van der Waals surface area contributed by atoms with Crippen molar-refractivity contribution >= 4 is 24.7 Å². The van der Waals surface area contributed by atoms with Gasteiger partial charge in [-0.15, -0.1) is 0 Å². The Kier molecular flexibility index (Phi) is 4.73. The van der Waals surface area contributed by atoms with Crippen LogP contribution < -0.4 is 10.6 Å². The van der Waals surface area contributed by atoms with Crippen molar-refractivity contribution in [3.05, 3.63) is 11.4 Å². The summed E-state index contributed by atoms with van der Waals surface area (Å²) in [6.45, 7) is 8.12. The molecule has 1 aromatic rings. The first-order valence-electron chi connectivity index (χ1n) is 8.77. The predicted molar refractivity (Wildman–Crippen MR) is 98.5 cm³/mol. The van der Waals surface area contributed by atoms with Crippen LogP contribution in [0.1, 0.15) is 37.0 Å². The lowest BCUT2D eigenvalue weighted by Gasteiger charge is -2.44. The van der Waals surface area contributed by atoms with Gasteiger partial charge >= 0.3 is 0 Å². The third-order valence-electron chi connectivity index (χ3n) is 5.03. The van der Waals surface area contributed by atoms with Crippen molar-refractivity contribution in [2.24, 2.45) is 10.7 Å². The molecule has 0 saturated heterocycles. The molecule has 0 saturated carbocycles. The summed E-state index contributed by atoms with van der Waals surface area (Å²) in [4.78, 5) is 36.6. The fourth-order valence-electron chi connectivity index (χ4n) is 3.57. The second kappa shape index (κ2) is 6.61. The van der Waals surface area contributed by atoms with E-state index in [1.54, 1.807) is 13.3 Å². The lowest BCUT2D eigenvalue weighted by atomic mass is 10.0. The number of hydrogen-bond donors (Lipinski definition) is 2. The number of aromatic nitrogens is 2. The number of aliphatic hydroxyl groups is 1. The Morgan fingerprint density at radius 1 is 1.44 bits per heavy atom. The van der Waals surface area contributed by atoms with Gasteiger partial charge in [-0.25, -0.2) is 4.98 Å². The molecule has 3 N–H and O–H groups in total.